The molecule has 0 fully saturated rings. The minimum atomic E-state index is 0.0416. The second-order valence-corrected chi connectivity index (χ2v) is 6.14. The Kier molecular flexibility index (Phi) is 5.15. The first-order valence-electron chi connectivity index (χ1n) is 7.10. The molecule has 108 valence electrons. The lowest BCUT2D eigenvalue weighted by atomic mass is 10.1. The number of hydrogen-bond donors (Lipinski definition) is 1. The van der Waals surface area contributed by atoms with E-state index in [2.05, 4.69) is 25.7 Å². The molecule has 20 heavy (non-hydrogen) atoms. The minimum absolute atomic E-state index is 0.0416. The molecule has 0 saturated carbocycles. The first kappa shape index (κ1) is 15.0. The molecule has 0 aliphatic heterocycles. The van der Waals surface area contributed by atoms with Crippen molar-refractivity contribution in [1.29, 1.82) is 0 Å². The highest BCUT2D eigenvalue weighted by atomic mass is 32.1. The predicted molar refractivity (Wildman–Crippen MR) is 86.2 cm³/mol. The largest absolute Gasteiger partial charge is 0.391 e. The highest BCUT2D eigenvalue weighted by molar-refractivity contribution is 7.16. The van der Waals surface area contributed by atoms with Gasteiger partial charge in [0.2, 0.25) is 0 Å². The van der Waals surface area contributed by atoms with Crippen LogP contribution in [0.2, 0.25) is 0 Å². The smallest absolute Gasteiger partial charge is 0.186 e. The Balaban J connectivity index is 2.40. The maximum Gasteiger partial charge on any atom is 0.186 e. The third kappa shape index (κ3) is 3.19. The molecule has 0 saturated heterocycles. The maximum atomic E-state index is 9.60. The average molecular weight is 290 g/mol. The predicted octanol–water partition coefficient (Wildman–Crippen LogP) is 3.93. The Hall–Kier alpha value is -1.39. The van der Waals surface area contributed by atoms with E-state index in [1.54, 1.807) is 11.3 Å². The molecule has 1 aromatic carbocycles. The van der Waals surface area contributed by atoms with E-state index < -0.39 is 0 Å². The van der Waals surface area contributed by atoms with Gasteiger partial charge in [-0.25, -0.2) is 4.98 Å². The van der Waals surface area contributed by atoms with Gasteiger partial charge in [-0.2, -0.15) is 0 Å². The Morgan fingerprint density at radius 2 is 1.95 bits per heavy atom. The summed E-state index contributed by atoms with van der Waals surface area (Å²) in [5, 5.41) is 10.6. The Morgan fingerprint density at radius 3 is 2.50 bits per heavy atom. The zero-order chi connectivity index (χ0) is 14.5. The molecule has 1 heterocycles. The number of anilines is 1. The molecule has 0 aliphatic rings. The van der Waals surface area contributed by atoms with Crippen molar-refractivity contribution in [3.63, 3.8) is 0 Å². The van der Waals surface area contributed by atoms with E-state index in [0.717, 1.165) is 34.2 Å². The number of rotatable bonds is 6. The molecule has 2 rings (SSSR count). The molecule has 0 unspecified atom stereocenters. The van der Waals surface area contributed by atoms with Crippen molar-refractivity contribution in [3.05, 3.63) is 35.2 Å². The SMILES string of the molecule is CCCN(c1nc(-c2ccccc2)c(CO)s1)C(C)C. The zero-order valence-electron chi connectivity index (χ0n) is 12.3. The molecule has 0 atom stereocenters. The van der Waals surface area contributed by atoms with Crippen LogP contribution in [0.15, 0.2) is 30.3 Å². The minimum Gasteiger partial charge on any atom is -0.391 e. The molecular formula is C16H22N2OS. The number of benzene rings is 1. The number of aliphatic hydroxyl groups is 1. The number of aromatic nitrogens is 1. The van der Waals surface area contributed by atoms with Gasteiger partial charge in [-0.3, -0.25) is 0 Å². The number of nitrogens with zero attached hydrogens (tertiary/aromatic N) is 2. The molecule has 0 amide bonds. The van der Waals surface area contributed by atoms with Crippen LogP contribution in [0.1, 0.15) is 32.1 Å². The summed E-state index contributed by atoms with van der Waals surface area (Å²) >= 11 is 1.60. The molecular weight excluding hydrogens is 268 g/mol. The summed E-state index contributed by atoms with van der Waals surface area (Å²) in [4.78, 5) is 8.02. The van der Waals surface area contributed by atoms with E-state index in [1.165, 1.54) is 0 Å². The molecule has 4 heteroatoms. The average Bonchev–Trinajstić information content (AvgIpc) is 2.89. The lowest BCUT2D eigenvalue weighted by molar-refractivity contribution is 0.286. The van der Waals surface area contributed by atoms with Crippen molar-refractivity contribution in [1.82, 2.24) is 4.98 Å². The van der Waals surface area contributed by atoms with Gasteiger partial charge in [-0.1, -0.05) is 48.6 Å². The standard InChI is InChI=1S/C16H22N2OS/c1-4-10-18(12(2)3)16-17-15(14(11-19)20-16)13-8-6-5-7-9-13/h5-9,12,19H,4,10-11H2,1-3H3. The van der Waals surface area contributed by atoms with E-state index in [0.29, 0.717) is 6.04 Å². The van der Waals surface area contributed by atoms with Crippen LogP contribution in [0.25, 0.3) is 11.3 Å². The highest BCUT2D eigenvalue weighted by Crippen LogP contribution is 2.33. The fraction of sp³-hybridized carbons (Fsp3) is 0.438. The van der Waals surface area contributed by atoms with Gasteiger partial charge in [-0.05, 0) is 20.3 Å². The fourth-order valence-electron chi connectivity index (χ4n) is 2.21. The lowest BCUT2D eigenvalue weighted by Crippen LogP contribution is -2.31. The molecule has 0 bridgehead atoms. The number of aliphatic hydroxyl groups excluding tert-OH is 1. The van der Waals surface area contributed by atoms with Gasteiger partial charge < -0.3 is 10.0 Å². The van der Waals surface area contributed by atoms with Crippen LogP contribution in [-0.4, -0.2) is 22.7 Å². The topological polar surface area (TPSA) is 36.4 Å². The van der Waals surface area contributed by atoms with Crippen LogP contribution in [-0.2, 0) is 6.61 Å². The summed E-state index contributed by atoms with van der Waals surface area (Å²) in [6.07, 6.45) is 1.09. The second-order valence-electron chi connectivity index (χ2n) is 5.08. The van der Waals surface area contributed by atoms with Crippen LogP contribution < -0.4 is 4.90 Å². The number of hydrogen-bond acceptors (Lipinski definition) is 4. The van der Waals surface area contributed by atoms with E-state index in [4.69, 9.17) is 4.98 Å². The third-order valence-electron chi connectivity index (χ3n) is 3.21. The van der Waals surface area contributed by atoms with Crippen molar-refractivity contribution < 1.29 is 5.11 Å². The second kappa shape index (κ2) is 6.86. The molecule has 2 aromatic rings. The van der Waals surface area contributed by atoms with Crippen LogP contribution in [0.4, 0.5) is 5.13 Å². The fourth-order valence-corrected chi connectivity index (χ4v) is 3.31. The van der Waals surface area contributed by atoms with E-state index in [9.17, 15) is 5.11 Å². The van der Waals surface area contributed by atoms with Gasteiger partial charge in [-0.15, -0.1) is 0 Å². The van der Waals surface area contributed by atoms with Gasteiger partial charge in [0.25, 0.3) is 0 Å². The van der Waals surface area contributed by atoms with Crippen molar-refractivity contribution in [3.8, 4) is 11.3 Å². The van der Waals surface area contributed by atoms with Gasteiger partial charge in [0, 0.05) is 18.2 Å². The first-order valence-corrected chi connectivity index (χ1v) is 7.91. The Morgan fingerprint density at radius 1 is 1.25 bits per heavy atom. The third-order valence-corrected chi connectivity index (χ3v) is 4.29. The monoisotopic (exact) mass is 290 g/mol. The summed E-state index contributed by atoms with van der Waals surface area (Å²) in [6, 6.07) is 10.5. The maximum absolute atomic E-state index is 9.60. The molecule has 1 aromatic heterocycles. The summed E-state index contributed by atoms with van der Waals surface area (Å²) in [6.45, 7) is 7.56. The van der Waals surface area contributed by atoms with E-state index >= 15 is 0 Å². The summed E-state index contributed by atoms with van der Waals surface area (Å²) < 4.78 is 0. The molecule has 1 N–H and O–H groups in total. The summed E-state index contributed by atoms with van der Waals surface area (Å²) in [5.41, 5.74) is 1.98. The lowest BCUT2D eigenvalue weighted by Gasteiger charge is -2.25. The Labute approximate surface area is 124 Å². The van der Waals surface area contributed by atoms with Crippen molar-refractivity contribution in [2.75, 3.05) is 11.4 Å². The Bertz CT molecular complexity index is 537. The van der Waals surface area contributed by atoms with Crippen molar-refractivity contribution in [2.45, 2.75) is 39.8 Å². The summed E-state index contributed by atoms with van der Waals surface area (Å²) in [7, 11) is 0. The molecule has 0 spiro atoms. The molecule has 0 aliphatic carbocycles. The molecule has 3 nitrogen and oxygen atoms in total. The van der Waals surface area contributed by atoms with Crippen LogP contribution in [0, 0.1) is 0 Å². The van der Waals surface area contributed by atoms with Crippen LogP contribution >= 0.6 is 11.3 Å². The first-order chi connectivity index (χ1) is 9.67. The van der Waals surface area contributed by atoms with E-state index in [1.807, 2.05) is 30.3 Å². The number of thiazole rings is 1. The van der Waals surface area contributed by atoms with Gasteiger partial charge >= 0.3 is 0 Å². The van der Waals surface area contributed by atoms with Crippen molar-refractivity contribution in [2.24, 2.45) is 0 Å². The van der Waals surface area contributed by atoms with Gasteiger partial charge in [0.15, 0.2) is 5.13 Å². The zero-order valence-corrected chi connectivity index (χ0v) is 13.2. The van der Waals surface area contributed by atoms with Crippen LogP contribution in [0.3, 0.4) is 0 Å². The van der Waals surface area contributed by atoms with Gasteiger partial charge in [0.05, 0.1) is 17.2 Å². The van der Waals surface area contributed by atoms with E-state index in [-0.39, 0.29) is 6.61 Å². The van der Waals surface area contributed by atoms with Crippen LogP contribution in [0.5, 0.6) is 0 Å². The van der Waals surface area contributed by atoms with Gasteiger partial charge in [0.1, 0.15) is 0 Å². The normalized spacial score (nSPS) is 11.1. The quantitative estimate of drug-likeness (QED) is 0.875. The van der Waals surface area contributed by atoms with Crippen molar-refractivity contribution >= 4 is 16.5 Å². The summed E-state index contributed by atoms with van der Waals surface area (Å²) in [5.74, 6) is 0. The molecule has 0 radical (unpaired) electrons. The highest BCUT2D eigenvalue weighted by Gasteiger charge is 2.18.